The van der Waals surface area contributed by atoms with Crippen molar-refractivity contribution in [3.05, 3.63) is 33.8 Å². The Labute approximate surface area is 180 Å². The molecule has 3 atom stereocenters. The van der Waals surface area contributed by atoms with E-state index in [-0.39, 0.29) is 0 Å². The molecular weight excluding hydrogens is 423 g/mol. The minimum atomic E-state index is -2.27. The van der Waals surface area contributed by atoms with Crippen molar-refractivity contribution in [3.8, 4) is 0 Å². The molecule has 0 aromatic heterocycles. The molecule has 0 spiro atoms. The van der Waals surface area contributed by atoms with Crippen molar-refractivity contribution in [3.63, 3.8) is 0 Å². The SMILES string of the molecule is CCCCN(Cc1cc(Cl)cc(Cl)c1)[C@H]1CCNC1.O=C(O)C(O)C(O)C(=O)O. The third kappa shape index (κ3) is 9.29. The maximum absolute atomic E-state index is 9.77. The van der Waals surface area contributed by atoms with Gasteiger partial charge in [-0.05, 0) is 49.7 Å². The van der Waals surface area contributed by atoms with Gasteiger partial charge in [0.1, 0.15) is 0 Å². The van der Waals surface area contributed by atoms with Crippen molar-refractivity contribution in [1.29, 1.82) is 0 Å². The minimum absolute atomic E-state index is 0.643. The Bertz CT molecular complexity index is 632. The van der Waals surface area contributed by atoms with Crippen molar-refractivity contribution in [2.45, 2.75) is 51.0 Å². The zero-order valence-electron chi connectivity index (χ0n) is 16.2. The summed E-state index contributed by atoms with van der Waals surface area (Å²) in [6.45, 7) is 6.54. The van der Waals surface area contributed by atoms with E-state index in [0.717, 1.165) is 36.2 Å². The third-order valence-corrected chi connectivity index (χ3v) is 4.90. The molecule has 1 aromatic rings. The molecule has 164 valence electrons. The fourth-order valence-electron chi connectivity index (χ4n) is 2.91. The molecule has 1 aliphatic heterocycles. The lowest BCUT2D eigenvalue weighted by Gasteiger charge is -2.28. The Morgan fingerprint density at radius 2 is 1.69 bits per heavy atom. The molecule has 1 saturated heterocycles. The van der Waals surface area contributed by atoms with Crippen LogP contribution in [0.15, 0.2) is 18.2 Å². The van der Waals surface area contributed by atoms with E-state index in [9.17, 15) is 9.59 Å². The molecule has 29 heavy (non-hydrogen) atoms. The van der Waals surface area contributed by atoms with E-state index in [4.69, 9.17) is 43.6 Å². The number of halogens is 2. The molecule has 2 unspecified atom stereocenters. The number of aliphatic carboxylic acids is 2. The van der Waals surface area contributed by atoms with Crippen LogP contribution in [0.5, 0.6) is 0 Å². The Hall–Kier alpha value is -1.42. The summed E-state index contributed by atoms with van der Waals surface area (Å²) in [6, 6.07) is 6.48. The lowest BCUT2D eigenvalue weighted by atomic mass is 10.1. The highest BCUT2D eigenvalue weighted by atomic mass is 35.5. The molecule has 10 heteroatoms. The minimum Gasteiger partial charge on any atom is -0.479 e. The van der Waals surface area contributed by atoms with Gasteiger partial charge in [0.25, 0.3) is 0 Å². The van der Waals surface area contributed by atoms with Crippen molar-refractivity contribution < 1.29 is 30.0 Å². The summed E-state index contributed by atoms with van der Waals surface area (Å²) in [4.78, 5) is 22.1. The van der Waals surface area contributed by atoms with Crippen LogP contribution >= 0.6 is 23.2 Å². The normalized spacial score (nSPS) is 18.1. The lowest BCUT2D eigenvalue weighted by molar-refractivity contribution is -0.165. The van der Waals surface area contributed by atoms with Crippen molar-refractivity contribution in [2.75, 3.05) is 19.6 Å². The number of carbonyl (C=O) groups is 2. The molecule has 1 fully saturated rings. The highest BCUT2D eigenvalue weighted by Crippen LogP contribution is 2.22. The summed E-state index contributed by atoms with van der Waals surface area (Å²) in [5.74, 6) is -3.54. The Kier molecular flexibility index (Phi) is 11.5. The number of aliphatic hydroxyl groups excluding tert-OH is 2. The highest BCUT2D eigenvalue weighted by Gasteiger charge is 2.29. The maximum atomic E-state index is 9.77. The lowest BCUT2D eigenvalue weighted by Crippen LogP contribution is -2.39. The van der Waals surface area contributed by atoms with Gasteiger partial charge in [0, 0.05) is 29.2 Å². The topological polar surface area (TPSA) is 130 Å². The van der Waals surface area contributed by atoms with Crippen LogP contribution in [0.2, 0.25) is 10.0 Å². The van der Waals surface area contributed by atoms with Crippen LogP contribution in [0.1, 0.15) is 31.7 Å². The van der Waals surface area contributed by atoms with Crippen molar-refractivity contribution >= 4 is 35.1 Å². The maximum Gasteiger partial charge on any atom is 0.335 e. The molecule has 0 amide bonds. The predicted molar refractivity (Wildman–Crippen MR) is 110 cm³/mol. The van der Waals surface area contributed by atoms with Gasteiger partial charge in [-0.2, -0.15) is 0 Å². The average Bonchev–Trinajstić information content (AvgIpc) is 3.18. The number of carboxylic acid groups (broad SMARTS) is 2. The quantitative estimate of drug-likeness (QED) is 0.385. The summed E-state index contributed by atoms with van der Waals surface area (Å²) in [5.41, 5.74) is 1.21. The number of hydrogen-bond donors (Lipinski definition) is 5. The number of carboxylic acids is 2. The van der Waals surface area contributed by atoms with E-state index < -0.39 is 24.1 Å². The zero-order chi connectivity index (χ0) is 22.0. The first-order chi connectivity index (χ1) is 13.6. The van der Waals surface area contributed by atoms with E-state index in [1.807, 2.05) is 12.1 Å². The van der Waals surface area contributed by atoms with E-state index in [0.29, 0.717) is 6.04 Å². The van der Waals surface area contributed by atoms with Gasteiger partial charge in [-0.25, -0.2) is 9.59 Å². The van der Waals surface area contributed by atoms with Crippen LogP contribution in [0, 0.1) is 0 Å². The second-order valence-corrected chi connectivity index (χ2v) is 7.69. The van der Waals surface area contributed by atoms with Crippen LogP contribution < -0.4 is 5.32 Å². The number of benzene rings is 1. The third-order valence-electron chi connectivity index (χ3n) is 4.46. The first kappa shape index (κ1) is 25.6. The first-order valence-electron chi connectivity index (χ1n) is 9.37. The number of unbranched alkanes of at least 4 members (excludes halogenated alkanes) is 1. The van der Waals surface area contributed by atoms with Gasteiger partial charge >= 0.3 is 11.9 Å². The van der Waals surface area contributed by atoms with Gasteiger partial charge in [0.05, 0.1) is 0 Å². The highest BCUT2D eigenvalue weighted by molar-refractivity contribution is 6.34. The number of aliphatic hydroxyl groups is 2. The number of hydrogen-bond acceptors (Lipinski definition) is 6. The van der Waals surface area contributed by atoms with Crippen molar-refractivity contribution in [2.24, 2.45) is 0 Å². The molecule has 0 saturated carbocycles. The van der Waals surface area contributed by atoms with Crippen LogP contribution in [0.3, 0.4) is 0 Å². The largest absolute Gasteiger partial charge is 0.479 e. The standard InChI is InChI=1S/C15H22Cl2N2.C4H6O6/c1-2-3-6-19(15-4-5-18-10-15)11-12-7-13(16)9-14(17)8-12;5-1(3(7)8)2(6)4(9)10/h7-9,15,18H,2-6,10-11H2,1H3;1-2,5-6H,(H,7,8)(H,9,10)/t15-;/m0./s1. The summed E-state index contributed by atoms with van der Waals surface area (Å²) < 4.78 is 0. The van der Waals surface area contributed by atoms with Gasteiger partial charge < -0.3 is 25.7 Å². The Balaban J connectivity index is 0.000000359. The molecule has 1 aliphatic rings. The number of rotatable bonds is 9. The zero-order valence-corrected chi connectivity index (χ0v) is 17.7. The fraction of sp³-hybridized carbons (Fsp3) is 0.579. The van der Waals surface area contributed by atoms with Crippen LogP contribution in [-0.4, -0.2) is 75.1 Å². The van der Waals surface area contributed by atoms with Gasteiger partial charge in [-0.15, -0.1) is 0 Å². The first-order valence-corrected chi connectivity index (χ1v) is 10.1. The molecule has 1 heterocycles. The van der Waals surface area contributed by atoms with E-state index in [1.54, 1.807) is 6.07 Å². The van der Waals surface area contributed by atoms with Gasteiger partial charge in [0.15, 0.2) is 12.2 Å². The van der Waals surface area contributed by atoms with Gasteiger partial charge in [0.2, 0.25) is 0 Å². The summed E-state index contributed by atoms with van der Waals surface area (Å²) in [7, 11) is 0. The molecule has 8 nitrogen and oxygen atoms in total. The molecule has 0 radical (unpaired) electrons. The smallest absolute Gasteiger partial charge is 0.335 e. The van der Waals surface area contributed by atoms with Crippen LogP contribution in [0.25, 0.3) is 0 Å². The second kappa shape index (κ2) is 13.0. The monoisotopic (exact) mass is 450 g/mol. The fourth-order valence-corrected chi connectivity index (χ4v) is 3.48. The Morgan fingerprint density at radius 1 is 1.14 bits per heavy atom. The second-order valence-electron chi connectivity index (χ2n) is 6.81. The van der Waals surface area contributed by atoms with Crippen LogP contribution in [0.4, 0.5) is 0 Å². The molecule has 2 rings (SSSR count). The number of nitrogens with zero attached hydrogens (tertiary/aromatic N) is 1. The predicted octanol–water partition coefficient (Wildman–Crippen LogP) is 1.83. The van der Waals surface area contributed by atoms with E-state index >= 15 is 0 Å². The molecule has 0 bridgehead atoms. The van der Waals surface area contributed by atoms with Gasteiger partial charge in [-0.1, -0.05) is 36.5 Å². The van der Waals surface area contributed by atoms with E-state index in [1.165, 1.54) is 24.8 Å². The molecule has 0 aliphatic carbocycles. The summed E-state index contributed by atoms with van der Waals surface area (Å²) in [6.07, 6.45) is -0.828. The molecular formula is C19H28Cl2N2O6. The van der Waals surface area contributed by atoms with Crippen molar-refractivity contribution in [1.82, 2.24) is 10.2 Å². The molecule has 1 aromatic carbocycles. The summed E-state index contributed by atoms with van der Waals surface area (Å²) >= 11 is 12.2. The van der Waals surface area contributed by atoms with Crippen LogP contribution in [-0.2, 0) is 16.1 Å². The summed E-state index contributed by atoms with van der Waals surface area (Å²) in [5, 5.41) is 37.4. The Morgan fingerprint density at radius 3 is 2.10 bits per heavy atom. The van der Waals surface area contributed by atoms with E-state index in [2.05, 4.69) is 17.1 Å². The average molecular weight is 451 g/mol. The molecule has 5 N–H and O–H groups in total. The van der Waals surface area contributed by atoms with Gasteiger partial charge in [-0.3, -0.25) is 4.90 Å². The number of nitrogens with one attached hydrogen (secondary N) is 1.